The number of nitrogens with one attached hydrogen (secondary N) is 4. The van der Waals surface area contributed by atoms with Crippen molar-refractivity contribution in [2.24, 2.45) is 5.73 Å². The summed E-state index contributed by atoms with van der Waals surface area (Å²) in [7, 11) is 0. The van der Waals surface area contributed by atoms with Crippen molar-refractivity contribution in [2.45, 2.75) is 50.5 Å². The van der Waals surface area contributed by atoms with Crippen LogP contribution in [0.5, 0.6) is 0 Å². The molecule has 0 spiro atoms. The maximum Gasteiger partial charge on any atom is 0.328 e. The second kappa shape index (κ2) is 11.4. The Morgan fingerprint density at radius 3 is 2.31 bits per heavy atom. The molecule has 0 radical (unpaired) electrons. The van der Waals surface area contributed by atoms with Gasteiger partial charge in [0.1, 0.15) is 12.1 Å². The molecule has 5 unspecified atom stereocenters. The SMILES string of the molecule is CC(NC(=O)C(N)CS)C(=O)NC(Cc1cnc[nH]1)C(=O)NC(C(=O)O)C(C)O. The lowest BCUT2D eigenvalue weighted by molar-refractivity contribution is -0.145. The van der Waals surface area contributed by atoms with Gasteiger partial charge in [-0.05, 0) is 13.8 Å². The molecule has 0 aliphatic rings. The third-order valence-corrected chi connectivity index (χ3v) is 4.34. The van der Waals surface area contributed by atoms with Crippen LogP contribution in [0.1, 0.15) is 19.5 Å². The number of H-pyrrole nitrogens is 1. The molecule has 29 heavy (non-hydrogen) atoms. The van der Waals surface area contributed by atoms with Crippen LogP contribution >= 0.6 is 12.6 Å². The first-order valence-corrected chi connectivity index (χ1v) is 9.35. The summed E-state index contributed by atoms with van der Waals surface area (Å²) in [6.07, 6.45) is 1.43. The first-order chi connectivity index (χ1) is 13.6. The normalized spacial score (nSPS) is 16.0. The number of carbonyl (C=O) groups excluding carboxylic acids is 3. The van der Waals surface area contributed by atoms with Gasteiger partial charge in [-0.15, -0.1) is 0 Å². The Kier molecular flexibility index (Phi) is 9.58. The summed E-state index contributed by atoms with van der Waals surface area (Å²) in [5.74, 6) is -3.44. The molecule has 0 aromatic carbocycles. The number of aliphatic carboxylic acids is 1. The predicted octanol–water partition coefficient (Wildman–Crippen LogP) is -2.85. The lowest BCUT2D eigenvalue weighted by Gasteiger charge is -2.24. The molecule has 0 saturated heterocycles. The van der Waals surface area contributed by atoms with Gasteiger partial charge in [-0.3, -0.25) is 14.4 Å². The fraction of sp³-hybridized carbons (Fsp3) is 0.562. The summed E-state index contributed by atoms with van der Waals surface area (Å²) < 4.78 is 0. The Morgan fingerprint density at radius 1 is 1.17 bits per heavy atom. The van der Waals surface area contributed by atoms with Gasteiger partial charge in [-0.1, -0.05) is 0 Å². The highest BCUT2D eigenvalue weighted by Crippen LogP contribution is 2.02. The highest BCUT2D eigenvalue weighted by molar-refractivity contribution is 7.80. The lowest BCUT2D eigenvalue weighted by atomic mass is 10.1. The molecule has 1 rings (SSSR count). The molecule has 8 N–H and O–H groups in total. The number of carbonyl (C=O) groups is 4. The zero-order valence-electron chi connectivity index (χ0n) is 16.0. The molecule has 1 aromatic rings. The zero-order chi connectivity index (χ0) is 22.1. The van der Waals surface area contributed by atoms with Gasteiger partial charge in [0.15, 0.2) is 6.04 Å². The Balaban J connectivity index is 2.89. The summed E-state index contributed by atoms with van der Waals surface area (Å²) in [5, 5.41) is 25.7. The number of nitrogens with two attached hydrogens (primary N) is 1. The largest absolute Gasteiger partial charge is 0.480 e. The average Bonchev–Trinajstić information content (AvgIpc) is 3.16. The van der Waals surface area contributed by atoms with E-state index < -0.39 is 54.0 Å². The van der Waals surface area contributed by atoms with Crippen LogP contribution in [0.15, 0.2) is 12.5 Å². The maximum absolute atomic E-state index is 12.6. The van der Waals surface area contributed by atoms with Gasteiger partial charge < -0.3 is 36.9 Å². The number of amides is 3. The summed E-state index contributed by atoms with van der Waals surface area (Å²) >= 11 is 3.91. The molecular weight excluding hydrogens is 404 g/mol. The summed E-state index contributed by atoms with van der Waals surface area (Å²) in [4.78, 5) is 54.6. The minimum atomic E-state index is -1.56. The number of nitrogens with zero attached hydrogens (tertiary/aromatic N) is 1. The van der Waals surface area contributed by atoms with Gasteiger partial charge in [0.05, 0.1) is 18.5 Å². The van der Waals surface area contributed by atoms with Gasteiger partial charge in [-0.25, -0.2) is 9.78 Å². The van der Waals surface area contributed by atoms with E-state index in [0.717, 1.165) is 0 Å². The van der Waals surface area contributed by atoms with Crippen molar-refractivity contribution in [3.05, 3.63) is 18.2 Å². The number of hydrogen-bond acceptors (Lipinski definition) is 8. The van der Waals surface area contributed by atoms with E-state index in [2.05, 4.69) is 38.5 Å². The first kappa shape index (κ1) is 24.4. The maximum atomic E-state index is 12.6. The molecule has 0 saturated carbocycles. The van der Waals surface area contributed by atoms with Crippen molar-refractivity contribution < 1.29 is 29.4 Å². The number of thiol groups is 1. The summed E-state index contributed by atoms with van der Waals surface area (Å²) in [5.41, 5.74) is 6.04. The van der Waals surface area contributed by atoms with Crippen LogP contribution in [0, 0.1) is 0 Å². The van der Waals surface area contributed by atoms with E-state index in [1.807, 2.05) is 0 Å². The topological polar surface area (TPSA) is 200 Å². The molecule has 3 amide bonds. The number of aliphatic hydroxyl groups is 1. The number of hydrogen-bond donors (Lipinski definition) is 8. The monoisotopic (exact) mass is 430 g/mol. The van der Waals surface area contributed by atoms with E-state index in [1.165, 1.54) is 26.4 Å². The standard InChI is InChI=1S/C16H26N6O6S/c1-7(20-14(25)10(17)5-29)13(24)21-11(3-9-4-18-6-19-9)15(26)22-12(8(2)23)16(27)28/h4,6-8,10-12,23,29H,3,5,17H2,1-2H3,(H,18,19)(H,20,25)(H,21,24)(H,22,26)(H,27,28). The minimum Gasteiger partial charge on any atom is -0.480 e. The molecule has 0 aliphatic carbocycles. The number of carboxylic acid groups (broad SMARTS) is 1. The number of imidazole rings is 1. The zero-order valence-corrected chi connectivity index (χ0v) is 16.8. The molecule has 0 aliphatic heterocycles. The molecule has 1 heterocycles. The van der Waals surface area contributed by atoms with E-state index in [-0.39, 0.29) is 12.2 Å². The van der Waals surface area contributed by atoms with Crippen molar-refractivity contribution in [1.82, 2.24) is 25.9 Å². The van der Waals surface area contributed by atoms with Gasteiger partial charge in [0, 0.05) is 24.1 Å². The Hall–Kier alpha value is -2.64. The number of aromatic amines is 1. The van der Waals surface area contributed by atoms with E-state index in [9.17, 15) is 24.3 Å². The molecule has 162 valence electrons. The highest BCUT2D eigenvalue weighted by Gasteiger charge is 2.31. The fourth-order valence-electron chi connectivity index (χ4n) is 2.23. The van der Waals surface area contributed by atoms with Crippen molar-refractivity contribution >= 4 is 36.3 Å². The van der Waals surface area contributed by atoms with Crippen LogP contribution in [0.25, 0.3) is 0 Å². The van der Waals surface area contributed by atoms with E-state index in [1.54, 1.807) is 0 Å². The summed E-state index contributed by atoms with van der Waals surface area (Å²) in [6.45, 7) is 2.61. The second-order valence-corrected chi connectivity index (χ2v) is 6.79. The van der Waals surface area contributed by atoms with E-state index in [0.29, 0.717) is 5.69 Å². The number of aliphatic hydroxyl groups excluding tert-OH is 1. The van der Waals surface area contributed by atoms with Gasteiger partial charge in [-0.2, -0.15) is 12.6 Å². The Morgan fingerprint density at radius 2 is 1.83 bits per heavy atom. The lowest BCUT2D eigenvalue weighted by Crippen LogP contribution is -2.58. The number of carboxylic acids is 1. The summed E-state index contributed by atoms with van der Waals surface area (Å²) in [6, 6.07) is -4.67. The van der Waals surface area contributed by atoms with Crippen LogP contribution < -0.4 is 21.7 Å². The molecule has 0 bridgehead atoms. The third-order valence-electron chi connectivity index (χ3n) is 3.94. The quantitative estimate of drug-likeness (QED) is 0.171. The fourth-order valence-corrected chi connectivity index (χ4v) is 2.40. The molecule has 0 fully saturated rings. The van der Waals surface area contributed by atoms with E-state index >= 15 is 0 Å². The number of rotatable bonds is 11. The van der Waals surface area contributed by atoms with Crippen LogP contribution in [0.4, 0.5) is 0 Å². The minimum absolute atomic E-state index is 0.0272. The molecular formula is C16H26N6O6S. The highest BCUT2D eigenvalue weighted by atomic mass is 32.1. The number of aromatic nitrogens is 2. The van der Waals surface area contributed by atoms with E-state index in [4.69, 9.17) is 10.8 Å². The second-order valence-electron chi connectivity index (χ2n) is 6.43. The van der Waals surface area contributed by atoms with Crippen LogP contribution in [-0.4, -0.2) is 79.9 Å². The molecule has 1 aromatic heterocycles. The van der Waals surface area contributed by atoms with Gasteiger partial charge in [0.2, 0.25) is 17.7 Å². The first-order valence-electron chi connectivity index (χ1n) is 8.72. The smallest absolute Gasteiger partial charge is 0.328 e. The molecule has 5 atom stereocenters. The molecule has 13 heteroatoms. The van der Waals surface area contributed by atoms with Crippen LogP contribution in [0.3, 0.4) is 0 Å². The van der Waals surface area contributed by atoms with Crippen molar-refractivity contribution in [3.8, 4) is 0 Å². The Bertz CT molecular complexity index is 713. The van der Waals surface area contributed by atoms with Crippen molar-refractivity contribution in [2.75, 3.05) is 5.75 Å². The van der Waals surface area contributed by atoms with Crippen molar-refractivity contribution in [1.29, 1.82) is 0 Å². The predicted molar refractivity (Wildman–Crippen MR) is 105 cm³/mol. The van der Waals surface area contributed by atoms with Crippen LogP contribution in [0.2, 0.25) is 0 Å². The third kappa shape index (κ3) is 7.71. The van der Waals surface area contributed by atoms with Gasteiger partial charge >= 0.3 is 5.97 Å². The Labute approximate surface area is 172 Å². The average molecular weight is 430 g/mol. The molecule has 12 nitrogen and oxygen atoms in total. The van der Waals surface area contributed by atoms with Crippen molar-refractivity contribution in [3.63, 3.8) is 0 Å². The van der Waals surface area contributed by atoms with Crippen LogP contribution in [-0.2, 0) is 25.6 Å². The van der Waals surface area contributed by atoms with Gasteiger partial charge in [0.25, 0.3) is 0 Å².